The van der Waals surface area contributed by atoms with Crippen molar-refractivity contribution < 1.29 is 17.9 Å². The molecule has 0 atom stereocenters. The van der Waals surface area contributed by atoms with Gasteiger partial charge in [0.25, 0.3) is 0 Å². The SMILES string of the molecule is COc1cc(NS(=O)(=O)CCC(N)=O)ccc1-n1nc(C)c2cnc(-c3cnn4cccnc34)cc21. The van der Waals surface area contributed by atoms with Crippen LogP contribution < -0.4 is 15.2 Å². The lowest BCUT2D eigenvalue weighted by Crippen LogP contribution is -2.22. The molecule has 1 aromatic carbocycles. The molecular formula is C23H22N8O4S. The van der Waals surface area contributed by atoms with Crippen LogP contribution in [-0.4, -0.2) is 56.6 Å². The van der Waals surface area contributed by atoms with Crippen LogP contribution in [0.4, 0.5) is 5.69 Å². The minimum Gasteiger partial charge on any atom is -0.494 e. The van der Waals surface area contributed by atoms with Crippen LogP contribution in [-0.2, 0) is 14.8 Å². The summed E-state index contributed by atoms with van der Waals surface area (Å²) in [5.41, 5.74) is 9.62. The van der Waals surface area contributed by atoms with Crippen molar-refractivity contribution in [1.82, 2.24) is 29.4 Å². The average molecular weight is 507 g/mol. The summed E-state index contributed by atoms with van der Waals surface area (Å²) in [4.78, 5) is 20.0. The molecule has 0 aliphatic rings. The van der Waals surface area contributed by atoms with E-state index in [0.29, 0.717) is 22.8 Å². The Balaban J connectivity index is 1.56. The number of hydrogen-bond donors (Lipinski definition) is 2. The number of rotatable bonds is 8. The standard InChI is InChI=1S/C23H22N8O4S/c1-14-16-12-26-18(17-13-27-30-8-3-7-25-23(17)30)11-20(16)31(28-14)19-5-4-15(10-21(19)35-2)29-36(33,34)9-6-22(24)32/h3-5,7-8,10-13,29H,6,9H2,1-2H3,(H2,24,32). The maximum absolute atomic E-state index is 12.3. The van der Waals surface area contributed by atoms with Crippen LogP contribution in [0.2, 0.25) is 0 Å². The quantitative estimate of drug-likeness (QED) is 0.323. The van der Waals surface area contributed by atoms with Gasteiger partial charge < -0.3 is 10.5 Å². The average Bonchev–Trinajstić information content (AvgIpc) is 3.43. The normalized spacial score (nSPS) is 11.7. The maximum atomic E-state index is 12.3. The third-order valence-corrected chi connectivity index (χ3v) is 6.89. The van der Waals surface area contributed by atoms with Gasteiger partial charge >= 0.3 is 0 Å². The van der Waals surface area contributed by atoms with E-state index in [0.717, 1.165) is 22.2 Å². The predicted octanol–water partition coefficient (Wildman–Crippen LogP) is 2.06. The molecule has 1 amide bonds. The summed E-state index contributed by atoms with van der Waals surface area (Å²) in [6, 6.07) is 8.55. The molecule has 0 spiro atoms. The molecule has 3 N–H and O–H groups in total. The lowest BCUT2D eigenvalue weighted by molar-refractivity contribution is -0.117. The molecule has 0 aliphatic carbocycles. The molecular weight excluding hydrogens is 484 g/mol. The van der Waals surface area contributed by atoms with Crippen molar-refractivity contribution in [3.63, 3.8) is 0 Å². The van der Waals surface area contributed by atoms with E-state index in [1.807, 2.05) is 19.2 Å². The molecule has 0 saturated carbocycles. The third kappa shape index (κ3) is 4.31. The largest absolute Gasteiger partial charge is 0.494 e. The second-order valence-corrected chi connectivity index (χ2v) is 9.90. The molecule has 0 radical (unpaired) electrons. The summed E-state index contributed by atoms with van der Waals surface area (Å²) in [5, 5.41) is 9.87. The number of nitrogens with two attached hydrogens (primary N) is 1. The minimum absolute atomic E-state index is 0.276. The molecule has 4 aromatic heterocycles. The Bertz CT molecular complexity index is 1730. The van der Waals surface area contributed by atoms with E-state index in [9.17, 15) is 13.2 Å². The molecule has 0 aliphatic heterocycles. The van der Waals surface area contributed by atoms with Gasteiger partial charge in [-0.1, -0.05) is 0 Å². The summed E-state index contributed by atoms with van der Waals surface area (Å²) >= 11 is 0. The second kappa shape index (κ2) is 8.92. The van der Waals surface area contributed by atoms with Crippen LogP contribution in [0.3, 0.4) is 0 Å². The zero-order chi connectivity index (χ0) is 25.4. The molecule has 36 heavy (non-hydrogen) atoms. The number of aryl methyl sites for hydroxylation is 1. The van der Waals surface area contributed by atoms with Crippen LogP contribution in [0.15, 0.2) is 55.1 Å². The highest BCUT2D eigenvalue weighted by Crippen LogP contribution is 2.32. The van der Waals surface area contributed by atoms with Gasteiger partial charge in [0.1, 0.15) is 11.4 Å². The molecule has 0 saturated heterocycles. The fourth-order valence-corrected chi connectivity index (χ4v) is 4.93. The van der Waals surface area contributed by atoms with E-state index in [1.165, 1.54) is 7.11 Å². The molecule has 13 heteroatoms. The van der Waals surface area contributed by atoms with E-state index in [-0.39, 0.29) is 12.1 Å². The van der Waals surface area contributed by atoms with E-state index in [1.54, 1.807) is 52.1 Å². The van der Waals surface area contributed by atoms with E-state index >= 15 is 0 Å². The summed E-state index contributed by atoms with van der Waals surface area (Å²) in [6.07, 6.45) is 6.70. The zero-order valence-corrected chi connectivity index (χ0v) is 20.2. The van der Waals surface area contributed by atoms with Crippen molar-refractivity contribution in [3.05, 3.63) is 60.8 Å². The van der Waals surface area contributed by atoms with Gasteiger partial charge in [0.05, 0.1) is 47.2 Å². The topological polar surface area (TPSA) is 159 Å². The van der Waals surface area contributed by atoms with Gasteiger partial charge in [0, 0.05) is 36.5 Å². The van der Waals surface area contributed by atoms with Crippen molar-refractivity contribution in [2.75, 3.05) is 17.6 Å². The lowest BCUT2D eigenvalue weighted by atomic mass is 10.1. The highest BCUT2D eigenvalue weighted by atomic mass is 32.2. The first-order valence-electron chi connectivity index (χ1n) is 10.9. The number of primary amides is 1. The monoisotopic (exact) mass is 506 g/mol. The molecule has 5 aromatic rings. The first kappa shape index (κ1) is 23.2. The van der Waals surface area contributed by atoms with Crippen LogP contribution in [0.5, 0.6) is 5.75 Å². The highest BCUT2D eigenvalue weighted by molar-refractivity contribution is 7.92. The fraction of sp³-hybridized carbons (Fsp3) is 0.174. The number of carbonyl (C=O) groups is 1. The van der Waals surface area contributed by atoms with Crippen molar-refractivity contribution >= 4 is 38.2 Å². The van der Waals surface area contributed by atoms with Crippen LogP contribution in [0.1, 0.15) is 12.1 Å². The van der Waals surface area contributed by atoms with Gasteiger partial charge in [-0.25, -0.2) is 22.6 Å². The van der Waals surface area contributed by atoms with Crippen molar-refractivity contribution in [1.29, 1.82) is 0 Å². The number of ether oxygens (including phenoxy) is 1. The van der Waals surface area contributed by atoms with Gasteiger partial charge in [-0.15, -0.1) is 0 Å². The zero-order valence-electron chi connectivity index (χ0n) is 19.4. The third-order valence-electron chi connectivity index (χ3n) is 5.60. The van der Waals surface area contributed by atoms with Crippen molar-refractivity contribution in [2.45, 2.75) is 13.3 Å². The first-order valence-corrected chi connectivity index (χ1v) is 12.5. The Morgan fingerprint density at radius 1 is 1.19 bits per heavy atom. The first-order chi connectivity index (χ1) is 17.3. The Morgan fingerprint density at radius 3 is 2.81 bits per heavy atom. The molecule has 12 nitrogen and oxygen atoms in total. The highest BCUT2D eigenvalue weighted by Gasteiger charge is 2.18. The number of sulfonamides is 1. The summed E-state index contributed by atoms with van der Waals surface area (Å²) in [5.74, 6) is -0.711. The van der Waals surface area contributed by atoms with Gasteiger partial charge in [-0.2, -0.15) is 10.2 Å². The predicted molar refractivity (Wildman–Crippen MR) is 133 cm³/mol. The number of nitrogens with zero attached hydrogens (tertiary/aromatic N) is 6. The molecule has 0 fully saturated rings. The molecule has 5 rings (SSSR count). The molecule has 0 bridgehead atoms. The van der Waals surface area contributed by atoms with E-state index in [2.05, 4.69) is 24.9 Å². The minimum atomic E-state index is -3.76. The number of hydrogen-bond acceptors (Lipinski definition) is 8. The summed E-state index contributed by atoms with van der Waals surface area (Å²) in [7, 11) is -2.28. The van der Waals surface area contributed by atoms with Gasteiger partial charge in [-0.3, -0.25) is 14.5 Å². The van der Waals surface area contributed by atoms with Crippen molar-refractivity contribution in [3.8, 4) is 22.7 Å². The van der Waals surface area contributed by atoms with E-state index in [4.69, 9.17) is 10.5 Å². The van der Waals surface area contributed by atoms with Gasteiger partial charge in [0.15, 0.2) is 5.65 Å². The number of carbonyl (C=O) groups excluding carboxylic acids is 1. The Kier molecular flexibility index (Phi) is 5.76. The maximum Gasteiger partial charge on any atom is 0.233 e. The summed E-state index contributed by atoms with van der Waals surface area (Å²) < 4.78 is 36.0. The fourth-order valence-electron chi connectivity index (χ4n) is 3.88. The van der Waals surface area contributed by atoms with Crippen molar-refractivity contribution in [2.24, 2.45) is 5.73 Å². The Labute approximate surface area is 205 Å². The lowest BCUT2D eigenvalue weighted by Gasteiger charge is -2.13. The number of benzene rings is 1. The number of aromatic nitrogens is 6. The smallest absolute Gasteiger partial charge is 0.233 e. The number of nitrogens with one attached hydrogen (secondary N) is 1. The Hall–Kier alpha value is -4.52. The molecule has 0 unspecified atom stereocenters. The van der Waals surface area contributed by atoms with E-state index < -0.39 is 21.7 Å². The van der Waals surface area contributed by atoms with Crippen LogP contribution in [0, 0.1) is 6.92 Å². The molecule has 4 heterocycles. The number of pyridine rings is 1. The second-order valence-electron chi connectivity index (χ2n) is 8.05. The number of amides is 1. The van der Waals surface area contributed by atoms with Gasteiger partial charge in [0.2, 0.25) is 15.9 Å². The van der Waals surface area contributed by atoms with Crippen LogP contribution in [0.25, 0.3) is 33.5 Å². The number of anilines is 1. The van der Waals surface area contributed by atoms with Gasteiger partial charge in [-0.05, 0) is 31.2 Å². The number of fused-ring (bicyclic) bond motifs is 2. The number of methoxy groups -OCH3 is 1. The Morgan fingerprint density at radius 2 is 2.03 bits per heavy atom. The van der Waals surface area contributed by atoms with Crippen LogP contribution >= 0.6 is 0 Å². The molecule has 184 valence electrons. The summed E-state index contributed by atoms with van der Waals surface area (Å²) in [6.45, 7) is 1.88.